The van der Waals surface area contributed by atoms with Gasteiger partial charge in [-0.25, -0.2) is 0 Å². The lowest BCUT2D eigenvalue weighted by Gasteiger charge is -2.43. The summed E-state index contributed by atoms with van der Waals surface area (Å²) in [5.41, 5.74) is 2.38. The van der Waals surface area contributed by atoms with E-state index in [0.717, 1.165) is 37.3 Å². The number of aliphatic hydroxyl groups is 1. The Morgan fingerprint density at radius 3 is 2.77 bits per heavy atom. The minimum Gasteiger partial charge on any atom is -0.389 e. The van der Waals surface area contributed by atoms with E-state index in [-0.39, 0.29) is 5.56 Å². The Morgan fingerprint density at radius 2 is 1.92 bits per heavy atom. The highest BCUT2D eigenvalue weighted by Crippen LogP contribution is 2.34. The fourth-order valence-electron chi connectivity index (χ4n) is 4.38. The molecule has 5 nitrogen and oxygen atoms in total. The maximum atomic E-state index is 12.1. The van der Waals surface area contributed by atoms with Crippen molar-refractivity contribution in [2.75, 3.05) is 26.2 Å². The summed E-state index contributed by atoms with van der Waals surface area (Å²) in [7, 11) is 0. The smallest absolute Gasteiger partial charge is 0.250 e. The Morgan fingerprint density at radius 1 is 1.08 bits per heavy atom. The van der Waals surface area contributed by atoms with E-state index in [0.29, 0.717) is 31.6 Å². The van der Waals surface area contributed by atoms with Crippen LogP contribution in [0.25, 0.3) is 0 Å². The molecule has 2 aliphatic rings. The molecule has 3 atom stereocenters. The number of hydrogen-bond acceptors (Lipinski definition) is 4. The van der Waals surface area contributed by atoms with Crippen LogP contribution in [0.2, 0.25) is 0 Å². The van der Waals surface area contributed by atoms with Crippen molar-refractivity contribution >= 4 is 0 Å². The fraction of sp³-hybridized carbons (Fsp3) is 0.476. The first-order chi connectivity index (χ1) is 12.7. The van der Waals surface area contributed by atoms with Crippen LogP contribution in [0.5, 0.6) is 0 Å². The van der Waals surface area contributed by atoms with Gasteiger partial charge in [0.25, 0.3) is 5.56 Å². The maximum absolute atomic E-state index is 12.1. The largest absolute Gasteiger partial charge is 0.389 e. The van der Waals surface area contributed by atoms with Crippen LogP contribution in [0.3, 0.4) is 0 Å². The molecule has 1 fully saturated rings. The second-order valence-corrected chi connectivity index (χ2v) is 7.57. The van der Waals surface area contributed by atoms with E-state index in [1.54, 1.807) is 6.07 Å². The minimum atomic E-state index is -0.490. The van der Waals surface area contributed by atoms with Crippen LogP contribution in [-0.4, -0.2) is 46.9 Å². The summed E-state index contributed by atoms with van der Waals surface area (Å²) in [6.07, 6.45) is 0.649. The summed E-state index contributed by atoms with van der Waals surface area (Å²) in [5, 5.41) is 10.4. The van der Waals surface area contributed by atoms with Crippen molar-refractivity contribution in [3.63, 3.8) is 0 Å². The molecule has 0 aliphatic carbocycles. The molecule has 0 spiro atoms. The summed E-state index contributed by atoms with van der Waals surface area (Å²) >= 11 is 0. The second-order valence-electron chi connectivity index (χ2n) is 7.57. The number of piperidine rings is 1. The van der Waals surface area contributed by atoms with Gasteiger partial charge in [0.1, 0.15) is 0 Å². The lowest BCUT2D eigenvalue weighted by Crippen LogP contribution is -2.49. The molecule has 1 aromatic heterocycles. The van der Waals surface area contributed by atoms with Gasteiger partial charge in [-0.15, -0.1) is 0 Å². The quantitative estimate of drug-likeness (QED) is 0.860. The Balaban J connectivity index is 1.30. The van der Waals surface area contributed by atoms with Gasteiger partial charge in [0.15, 0.2) is 0 Å². The number of β-amino-alcohol motifs (C(OH)–C–C–N with tert-alkyl or cyclic N) is 1. The molecule has 2 aliphatic heterocycles. The Kier molecular flexibility index (Phi) is 5.20. The summed E-state index contributed by atoms with van der Waals surface area (Å²) in [5.74, 6) is 0.868. The molecule has 2 aromatic rings. The molecule has 0 radical (unpaired) electrons. The molecule has 0 saturated carbocycles. The number of rotatable bonds is 6. The van der Waals surface area contributed by atoms with E-state index in [1.807, 2.05) is 41.0 Å². The zero-order chi connectivity index (χ0) is 17.9. The van der Waals surface area contributed by atoms with Gasteiger partial charge in [-0.2, -0.15) is 0 Å². The number of pyridine rings is 1. The van der Waals surface area contributed by atoms with Crippen molar-refractivity contribution in [1.82, 2.24) is 9.47 Å². The SMILES string of the molecule is O=c1cccc2n1C[C@@H]1C[C@H]2CN(CC(O)COCc2ccccc2)C1. The molecule has 4 rings (SSSR count). The van der Waals surface area contributed by atoms with Gasteiger partial charge in [-0.1, -0.05) is 36.4 Å². The third-order valence-corrected chi connectivity index (χ3v) is 5.45. The van der Waals surface area contributed by atoms with Gasteiger partial charge in [0.05, 0.1) is 19.3 Å². The minimum absolute atomic E-state index is 0.111. The van der Waals surface area contributed by atoms with Crippen LogP contribution in [0.4, 0.5) is 0 Å². The average Bonchev–Trinajstić information content (AvgIpc) is 2.63. The van der Waals surface area contributed by atoms with E-state index >= 15 is 0 Å². The number of hydrogen-bond donors (Lipinski definition) is 1. The highest BCUT2D eigenvalue weighted by molar-refractivity contribution is 5.17. The van der Waals surface area contributed by atoms with Crippen LogP contribution in [-0.2, 0) is 17.9 Å². The Hall–Kier alpha value is -1.95. The molecule has 2 bridgehead atoms. The first-order valence-electron chi connectivity index (χ1n) is 9.41. The van der Waals surface area contributed by atoms with Gasteiger partial charge in [-0.3, -0.25) is 9.69 Å². The predicted octanol–water partition coefficient (Wildman–Crippen LogP) is 1.85. The van der Waals surface area contributed by atoms with Crippen LogP contribution in [0, 0.1) is 5.92 Å². The topological polar surface area (TPSA) is 54.7 Å². The van der Waals surface area contributed by atoms with Crippen LogP contribution in [0.1, 0.15) is 23.6 Å². The third kappa shape index (κ3) is 3.90. The van der Waals surface area contributed by atoms with Gasteiger partial charge >= 0.3 is 0 Å². The summed E-state index contributed by atoms with van der Waals surface area (Å²) in [4.78, 5) is 14.4. The van der Waals surface area contributed by atoms with Crippen molar-refractivity contribution in [1.29, 1.82) is 0 Å². The molecule has 1 saturated heterocycles. The maximum Gasteiger partial charge on any atom is 0.250 e. The monoisotopic (exact) mass is 354 g/mol. The van der Waals surface area contributed by atoms with Gasteiger partial charge in [-0.05, 0) is 24.0 Å². The summed E-state index contributed by atoms with van der Waals surface area (Å²) in [6.45, 7) is 4.13. The van der Waals surface area contributed by atoms with E-state index in [2.05, 4.69) is 11.0 Å². The molecule has 26 heavy (non-hydrogen) atoms. The molecule has 138 valence electrons. The standard InChI is InChI=1S/C21H26N2O3/c24-19(15-26-14-16-5-2-1-3-6-16)13-22-10-17-9-18(12-22)20-7-4-8-21(25)23(20)11-17/h1-8,17-19,24H,9-15H2/t17-,18+,19?/m1/s1. The first kappa shape index (κ1) is 17.5. The molecule has 3 heterocycles. The number of aliphatic hydroxyl groups excluding tert-OH is 1. The normalized spacial score (nSPS) is 23.4. The summed E-state index contributed by atoms with van der Waals surface area (Å²) in [6, 6.07) is 15.6. The average molecular weight is 354 g/mol. The van der Waals surface area contributed by atoms with Crippen LogP contribution in [0.15, 0.2) is 53.3 Å². The van der Waals surface area contributed by atoms with Crippen LogP contribution >= 0.6 is 0 Å². The van der Waals surface area contributed by atoms with E-state index in [1.165, 1.54) is 0 Å². The fourth-order valence-corrected chi connectivity index (χ4v) is 4.38. The van der Waals surface area contributed by atoms with Crippen molar-refractivity contribution < 1.29 is 9.84 Å². The zero-order valence-electron chi connectivity index (χ0n) is 15.0. The number of ether oxygens (including phenoxy) is 1. The highest BCUT2D eigenvalue weighted by atomic mass is 16.5. The lowest BCUT2D eigenvalue weighted by atomic mass is 9.83. The molecule has 0 amide bonds. The number of benzene rings is 1. The Labute approximate surface area is 153 Å². The number of aromatic nitrogens is 1. The van der Waals surface area contributed by atoms with Crippen molar-refractivity contribution in [3.05, 3.63) is 70.1 Å². The molecular weight excluding hydrogens is 328 g/mol. The first-order valence-corrected chi connectivity index (χ1v) is 9.41. The highest BCUT2D eigenvalue weighted by Gasteiger charge is 2.34. The molecular formula is C21H26N2O3. The Bertz CT molecular complexity index is 789. The van der Waals surface area contributed by atoms with Crippen LogP contribution < -0.4 is 5.56 Å². The van der Waals surface area contributed by atoms with Crippen molar-refractivity contribution in [2.24, 2.45) is 5.92 Å². The van der Waals surface area contributed by atoms with Crippen molar-refractivity contribution in [2.45, 2.75) is 31.6 Å². The van der Waals surface area contributed by atoms with Gasteiger partial charge in [0.2, 0.25) is 0 Å². The van der Waals surface area contributed by atoms with E-state index < -0.39 is 6.10 Å². The van der Waals surface area contributed by atoms with Gasteiger partial charge in [0, 0.05) is 43.9 Å². The number of likely N-dealkylation sites (tertiary alicyclic amines) is 1. The molecule has 1 unspecified atom stereocenters. The molecule has 1 N–H and O–H groups in total. The third-order valence-electron chi connectivity index (χ3n) is 5.45. The molecule has 1 aromatic carbocycles. The van der Waals surface area contributed by atoms with Gasteiger partial charge < -0.3 is 14.4 Å². The van der Waals surface area contributed by atoms with E-state index in [9.17, 15) is 9.90 Å². The lowest BCUT2D eigenvalue weighted by molar-refractivity contribution is -0.00248. The summed E-state index contributed by atoms with van der Waals surface area (Å²) < 4.78 is 7.61. The second kappa shape index (κ2) is 7.74. The predicted molar refractivity (Wildman–Crippen MR) is 100 cm³/mol. The molecule has 5 heteroatoms. The van der Waals surface area contributed by atoms with E-state index in [4.69, 9.17) is 4.74 Å². The number of fused-ring (bicyclic) bond motifs is 4. The number of nitrogens with zero attached hydrogens (tertiary/aromatic N) is 2. The van der Waals surface area contributed by atoms with Crippen molar-refractivity contribution in [3.8, 4) is 0 Å². The zero-order valence-corrected chi connectivity index (χ0v) is 15.0.